The molecule has 1 aromatic carbocycles. The van der Waals surface area contributed by atoms with Gasteiger partial charge in [-0.2, -0.15) is 0 Å². The zero-order chi connectivity index (χ0) is 21.0. The summed E-state index contributed by atoms with van der Waals surface area (Å²) in [5.74, 6) is 1.32. The summed E-state index contributed by atoms with van der Waals surface area (Å²) >= 11 is 0. The zero-order valence-electron chi connectivity index (χ0n) is 18.6. The van der Waals surface area contributed by atoms with Gasteiger partial charge in [0.25, 0.3) is 0 Å². The molecule has 0 saturated heterocycles. The lowest BCUT2D eigenvalue weighted by Gasteiger charge is -2.37. The number of methoxy groups -OCH3 is 2. The minimum Gasteiger partial charge on any atom is -0.496 e. The summed E-state index contributed by atoms with van der Waals surface area (Å²) < 4.78 is 22.8. The third kappa shape index (κ3) is 5.97. The van der Waals surface area contributed by atoms with Crippen molar-refractivity contribution in [1.82, 2.24) is 0 Å². The minimum absolute atomic E-state index is 0.165. The summed E-state index contributed by atoms with van der Waals surface area (Å²) in [5.41, 5.74) is 0.532. The third-order valence-electron chi connectivity index (χ3n) is 5.42. The molecule has 0 heterocycles. The molecule has 0 bridgehead atoms. The summed E-state index contributed by atoms with van der Waals surface area (Å²) in [5, 5.41) is 0.165. The summed E-state index contributed by atoms with van der Waals surface area (Å²) in [4.78, 5) is 11.6. The quantitative estimate of drug-likeness (QED) is 0.338. The lowest BCUT2D eigenvalue weighted by molar-refractivity contribution is -0.131. The molecule has 0 radical (unpaired) electrons. The molecule has 154 valence electrons. The van der Waals surface area contributed by atoms with E-state index in [1.807, 2.05) is 6.07 Å². The molecule has 0 amide bonds. The lowest BCUT2D eigenvalue weighted by atomic mass is 9.80. The van der Waals surface area contributed by atoms with Crippen molar-refractivity contribution in [3.05, 3.63) is 17.7 Å². The molecule has 0 N–H and O–H groups in total. The molecule has 0 aliphatic rings. The van der Waals surface area contributed by atoms with Gasteiger partial charge in [-0.15, -0.1) is 0 Å². The van der Waals surface area contributed by atoms with Crippen LogP contribution in [0.2, 0.25) is 18.1 Å². The Morgan fingerprint density at radius 2 is 1.56 bits per heavy atom. The Kier molecular flexibility index (Phi) is 7.53. The van der Waals surface area contributed by atoms with Crippen molar-refractivity contribution in [2.75, 3.05) is 20.8 Å². The van der Waals surface area contributed by atoms with Crippen molar-refractivity contribution in [2.24, 2.45) is 0 Å². The van der Waals surface area contributed by atoms with Crippen molar-refractivity contribution >= 4 is 14.3 Å². The maximum atomic E-state index is 11.6. The molecule has 0 saturated carbocycles. The van der Waals surface area contributed by atoms with Crippen LogP contribution in [-0.2, 0) is 14.6 Å². The molecule has 0 aliphatic heterocycles. The van der Waals surface area contributed by atoms with Crippen molar-refractivity contribution in [3.8, 4) is 17.2 Å². The maximum absolute atomic E-state index is 11.6. The Morgan fingerprint density at radius 3 is 2.00 bits per heavy atom. The van der Waals surface area contributed by atoms with Crippen LogP contribution in [0.25, 0.3) is 0 Å². The highest BCUT2D eigenvalue weighted by Crippen LogP contribution is 2.44. The van der Waals surface area contributed by atoms with E-state index in [4.69, 9.17) is 18.6 Å². The van der Waals surface area contributed by atoms with Crippen LogP contribution < -0.4 is 14.2 Å². The molecule has 5 nitrogen and oxygen atoms in total. The fourth-order valence-corrected chi connectivity index (χ4v) is 3.70. The number of hydrogen-bond donors (Lipinski definition) is 0. The Morgan fingerprint density at radius 1 is 1.00 bits per heavy atom. The first-order chi connectivity index (χ1) is 12.2. The minimum atomic E-state index is -1.82. The molecular formula is C21H36O5Si. The Balaban J connectivity index is 3.18. The molecule has 0 aromatic heterocycles. The van der Waals surface area contributed by atoms with E-state index in [-0.39, 0.29) is 16.4 Å². The SMILES string of the molecule is COc1cc(OC)c(C(C)(C)CCO[Si](C)(C)C(C)(C)C)c(OC(C)=O)c1. The first-order valence-corrected chi connectivity index (χ1v) is 12.2. The van der Waals surface area contributed by atoms with Crippen LogP contribution in [0.1, 0.15) is 53.5 Å². The first-order valence-electron chi connectivity index (χ1n) is 9.34. The van der Waals surface area contributed by atoms with E-state index in [1.165, 1.54) is 6.92 Å². The van der Waals surface area contributed by atoms with Crippen LogP contribution >= 0.6 is 0 Å². The first kappa shape index (κ1) is 23.5. The number of ether oxygens (including phenoxy) is 3. The fraction of sp³-hybridized carbons (Fsp3) is 0.667. The van der Waals surface area contributed by atoms with Gasteiger partial charge in [0.2, 0.25) is 0 Å². The maximum Gasteiger partial charge on any atom is 0.308 e. The predicted molar refractivity (Wildman–Crippen MR) is 112 cm³/mol. The summed E-state index contributed by atoms with van der Waals surface area (Å²) in [6.45, 7) is 17.4. The van der Waals surface area contributed by atoms with Crippen LogP contribution in [0.5, 0.6) is 17.2 Å². The zero-order valence-corrected chi connectivity index (χ0v) is 19.6. The molecule has 0 unspecified atom stereocenters. The van der Waals surface area contributed by atoms with E-state index in [2.05, 4.69) is 47.7 Å². The van der Waals surface area contributed by atoms with E-state index in [9.17, 15) is 4.79 Å². The van der Waals surface area contributed by atoms with Crippen LogP contribution in [0.15, 0.2) is 12.1 Å². The average Bonchev–Trinajstić information content (AvgIpc) is 2.51. The average molecular weight is 397 g/mol. The molecule has 0 spiro atoms. The van der Waals surface area contributed by atoms with Gasteiger partial charge >= 0.3 is 5.97 Å². The van der Waals surface area contributed by atoms with Crippen molar-refractivity contribution < 1.29 is 23.4 Å². The summed E-state index contributed by atoms with van der Waals surface area (Å²) in [6, 6.07) is 3.55. The van der Waals surface area contributed by atoms with Crippen LogP contribution in [0.3, 0.4) is 0 Å². The van der Waals surface area contributed by atoms with Crippen LogP contribution in [0, 0.1) is 0 Å². The van der Waals surface area contributed by atoms with Crippen molar-refractivity contribution in [2.45, 2.75) is 71.5 Å². The van der Waals surface area contributed by atoms with E-state index < -0.39 is 8.32 Å². The number of esters is 1. The highest BCUT2D eigenvalue weighted by molar-refractivity contribution is 6.74. The van der Waals surface area contributed by atoms with Crippen molar-refractivity contribution in [1.29, 1.82) is 0 Å². The molecular weight excluding hydrogens is 360 g/mol. The molecule has 27 heavy (non-hydrogen) atoms. The van der Waals surface area contributed by atoms with Gasteiger partial charge in [-0.25, -0.2) is 0 Å². The van der Waals surface area contributed by atoms with Gasteiger partial charge in [-0.3, -0.25) is 4.79 Å². The molecule has 1 rings (SSSR count). The smallest absolute Gasteiger partial charge is 0.308 e. The number of hydrogen-bond acceptors (Lipinski definition) is 5. The second-order valence-electron chi connectivity index (χ2n) is 9.04. The fourth-order valence-electron chi connectivity index (χ4n) is 2.65. The van der Waals surface area contributed by atoms with E-state index in [1.54, 1.807) is 20.3 Å². The predicted octanol–water partition coefficient (Wildman–Crippen LogP) is 5.32. The van der Waals surface area contributed by atoms with Crippen LogP contribution in [-0.4, -0.2) is 35.1 Å². The summed E-state index contributed by atoms with van der Waals surface area (Å²) in [7, 11) is 1.36. The second-order valence-corrected chi connectivity index (χ2v) is 13.8. The molecule has 0 aliphatic carbocycles. The van der Waals surface area contributed by atoms with Gasteiger partial charge in [0.15, 0.2) is 8.32 Å². The highest BCUT2D eigenvalue weighted by atomic mass is 28.4. The molecule has 0 fully saturated rings. The second kappa shape index (κ2) is 8.65. The van der Waals surface area contributed by atoms with E-state index in [0.717, 1.165) is 12.0 Å². The number of rotatable bonds is 8. The standard InChI is InChI=1S/C21H36O5Si/c1-15(22)26-18-14-16(23-7)13-17(24-8)19(18)21(5,6)11-12-25-27(9,10)20(2,3)4/h13-14H,11-12H2,1-10H3. The summed E-state index contributed by atoms with van der Waals surface area (Å²) in [6.07, 6.45) is 0.774. The Bertz CT molecular complexity index is 659. The van der Waals surface area contributed by atoms with Crippen molar-refractivity contribution in [3.63, 3.8) is 0 Å². The molecule has 1 aromatic rings. The van der Waals surface area contributed by atoms with Crippen LogP contribution in [0.4, 0.5) is 0 Å². The van der Waals surface area contributed by atoms with Gasteiger partial charge in [0.05, 0.1) is 14.2 Å². The topological polar surface area (TPSA) is 54.0 Å². The molecule has 0 atom stereocenters. The van der Waals surface area contributed by atoms with Gasteiger partial charge < -0.3 is 18.6 Å². The Labute approximate surface area is 165 Å². The highest BCUT2D eigenvalue weighted by Gasteiger charge is 2.38. The monoisotopic (exact) mass is 396 g/mol. The number of benzene rings is 1. The van der Waals surface area contributed by atoms with Gasteiger partial charge in [-0.1, -0.05) is 34.6 Å². The molecule has 6 heteroatoms. The normalized spacial score (nSPS) is 12.7. The van der Waals surface area contributed by atoms with Gasteiger partial charge in [0.1, 0.15) is 17.2 Å². The van der Waals surface area contributed by atoms with Gasteiger partial charge in [-0.05, 0) is 30.0 Å². The number of carbonyl (C=O) groups excluding carboxylic acids is 1. The lowest BCUT2D eigenvalue weighted by Crippen LogP contribution is -2.41. The third-order valence-corrected chi connectivity index (χ3v) is 9.96. The van der Waals surface area contributed by atoms with Gasteiger partial charge in [0, 0.05) is 31.2 Å². The van der Waals surface area contributed by atoms with E-state index in [0.29, 0.717) is 23.9 Å². The van der Waals surface area contributed by atoms with E-state index >= 15 is 0 Å². The Hall–Kier alpha value is -1.53. The largest absolute Gasteiger partial charge is 0.496 e. The number of carbonyl (C=O) groups is 1.